The molecule has 172 valence electrons. The summed E-state index contributed by atoms with van der Waals surface area (Å²) >= 11 is 0. The largest absolute Gasteiger partial charge is 0.368 e. The zero-order valence-electron chi connectivity index (χ0n) is 18.9. The average molecular weight is 422 g/mol. The number of urea groups is 1. The topological polar surface area (TPSA) is 132 Å². The van der Waals surface area contributed by atoms with Gasteiger partial charge in [-0.15, -0.1) is 0 Å². The average Bonchev–Trinajstić information content (AvgIpc) is 2.69. The number of rotatable bonds is 18. The number of nitrogen functional groups attached to an aromatic ring is 2. The number of hydrogen-bond acceptors (Lipinski definition) is 6. The van der Waals surface area contributed by atoms with E-state index in [1.54, 1.807) is 0 Å². The maximum absolute atomic E-state index is 11.8. The summed E-state index contributed by atoms with van der Waals surface area (Å²) in [6.45, 7) is 2.90. The molecule has 0 bridgehead atoms. The zero-order chi connectivity index (χ0) is 21.9. The molecular weight excluding hydrogens is 378 g/mol. The lowest BCUT2D eigenvalue weighted by molar-refractivity contribution is 0.251. The van der Waals surface area contributed by atoms with Crippen LogP contribution in [0.4, 0.5) is 22.6 Å². The molecule has 0 unspecified atom stereocenters. The smallest absolute Gasteiger partial charge is 0.321 e. The number of nitrogens with one attached hydrogen (secondary N) is 2. The Labute approximate surface area is 182 Å². The summed E-state index contributed by atoms with van der Waals surface area (Å²) in [7, 11) is 0. The second-order valence-electron chi connectivity index (χ2n) is 8.06. The van der Waals surface area contributed by atoms with Gasteiger partial charge in [-0.3, -0.25) is 5.32 Å². The summed E-state index contributed by atoms with van der Waals surface area (Å²) in [5.41, 5.74) is 10.9. The van der Waals surface area contributed by atoms with Crippen LogP contribution in [-0.4, -0.2) is 27.5 Å². The number of nitrogens with zero attached hydrogens (tertiary/aromatic N) is 3. The van der Waals surface area contributed by atoms with Crippen LogP contribution in [0.15, 0.2) is 0 Å². The van der Waals surface area contributed by atoms with E-state index >= 15 is 0 Å². The van der Waals surface area contributed by atoms with Crippen LogP contribution in [0, 0.1) is 0 Å². The molecule has 2 amide bonds. The fourth-order valence-corrected chi connectivity index (χ4v) is 3.49. The van der Waals surface area contributed by atoms with Crippen molar-refractivity contribution in [1.29, 1.82) is 0 Å². The second-order valence-corrected chi connectivity index (χ2v) is 8.06. The maximum atomic E-state index is 11.8. The van der Waals surface area contributed by atoms with E-state index in [0.717, 1.165) is 12.8 Å². The molecule has 1 aromatic heterocycles. The highest BCUT2D eigenvalue weighted by Gasteiger charge is 2.06. The van der Waals surface area contributed by atoms with Crippen LogP contribution in [0.2, 0.25) is 0 Å². The predicted octanol–water partition coefficient (Wildman–Crippen LogP) is 5.42. The number of carbonyl (C=O) groups excluding carboxylic acids is 1. The molecule has 0 aliphatic heterocycles. The van der Waals surface area contributed by atoms with Crippen molar-refractivity contribution in [3.05, 3.63) is 0 Å². The van der Waals surface area contributed by atoms with Crippen LogP contribution in [0.1, 0.15) is 110 Å². The SMILES string of the molecule is CCCCCCCCCCCCCCCCCCNC(=O)Nc1nc(N)nc(N)n1. The van der Waals surface area contributed by atoms with Crippen molar-refractivity contribution in [3.8, 4) is 0 Å². The lowest BCUT2D eigenvalue weighted by Crippen LogP contribution is -2.30. The van der Waals surface area contributed by atoms with Gasteiger partial charge in [0.25, 0.3) is 0 Å². The predicted molar refractivity (Wildman–Crippen MR) is 125 cm³/mol. The monoisotopic (exact) mass is 421 g/mol. The molecule has 0 aliphatic rings. The number of nitrogens with two attached hydrogens (primary N) is 2. The van der Waals surface area contributed by atoms with E-state index in [0.29, 0.717) is 6.54 Å². The van der Waals surface area contributed by atoms with Gasteiger partial charge in [-0.2, -0.15) is 15.0 Å². The van der Waals surface area contributed by atoms with E-state index < -0.39 is 0 Å². The molecule has 1 rings (SSSR count). The molecule has 1 aromatic rings. The minimum absolute atomic E-state index is 0.0180. The van der Waals surface area contributed by atoms with Gasteiger partial charge in [0.2, 0.25) is 17.8 Å². The van der Waals surface area contributed by atoms with E-state index in [9.17, 15) is 4.79 Å². The summed E-state index contributed by atoms with van der Waals surface area (Å²) < 4.78 is 0. The Morgan fingerprint density at radius 2 is 1.07 bits per heavy atom. The van der Waals surface area contributed by atoms with E-state index in [4.69, 9.17) is 11.5 Å². The van der Waals surface area contributed by atoms with Crippen LogP contribution >= 0.6 is 0 Å². The number of hydrogen-bond donors (Lipinski definition) is 4. The minimum atomic E-state index is -0.360. The van der Waals surface area contributed by atoms with Gasteiger partial charge < -0.3 is 16.8 Å². The first-order valence-electron chi connectivity index (χ1n) is 11.9. The standard InChI is InChI=1S/C22H43N7O/c1-2-3-4-5-6-7-8-9-10-11-12-13-14-15-16-17-18-25-22(30)29-21-27-19(23)26-20(24)28-21/h2-18H2,1H3,(H6,23,24,25,26,27,28,29,30). The second kappa shape index (κ2) is 17.7. The first-order valence-corrected chi connectivity index (χ1v) is 11.9. The summed E-state index contributed by atoms with van der Waals surface area (Å²) in [6.07, 6.45) is 21.3. The van der Waals surface area contributed by atoms with Gasteiger partial charge in [-0.05, 0) is 6.42 Å². The molecule has 0 saturated heterocycles. The lowest BCUT2D eigenvalue weighted by atomic mass is 10.0. The van der Waals surface area contributed by atoms with Crippen molar-refractivity contribution in [1.82, 2.24) is 20.3 Å². The van der Waals surface area contributed by atoms with Gasteiger partial charge in [-0.1, -0.05) is 103 Å². The molecule has 1 heterocycles. The fraction of sp³-hybridized carbons (Fsp3) is 0.818. The number of carbonyl (C=O) groups is 1. The molecule has 30 heavy (non-hydrogen) atoms. The van der Waals surface area contributed by atoms with Crippen molar-refractivity contribution in [3.63, 3.8) is 0 Å². The molecule has 0 aromatic carbocycles. The Morgan fingerprint density at radius 3 is 1.50 bits per heavy atom. The lowest BCUT2D eigenvalue weighted by Gasteiger charge is -2.07. The minimum Gasteiger partial charge on any atom is -0.368 e. The van der Waals surface area contributed by atoms with Gasteiger partial charge in [0, 0.05) is 6.54 Å². The Hall–Kier alpha value is -2.12. The number of anilines is 3. The van der Waals surface area contributed by atoms with Gasteiger partial charge in [-0.25, -0.2) is 4.79 Å². The van der Waals surface area contributed by atoms with Crippen molar-refractivity contribution in [2.24, 2.45) is 0 Å². The fourth-order valence-electron chi connectivity index (χ4n) is 3.49. The highest BCUT2D eigenvalue weighted by atomic mass is 16.2. The van der Waals surface area contributed by atoms with Crippen LogP contribution in [0.25, 0.3) is 0 Å². The van der Waals surface area contributed by atoms with Gasteiger partial charge in [0.1, 0.15) is 0 Å². The summed E-state index contributed by atoms with van der Waals surface area (Å²) in [5, 5.41) is 5.29. The van der Waals surface area contributed by atoms with Crippen molar-refractivity contribution >= 4 is 23.9 Å². The third-order valence-corrected chi connectivity index (χ3v) is 5.21. The third-order valence-electron chi connectivity index (χ3n) is 5.21. The van der Waals surface area contributed by atoms with Crippen molar-refractivity contribution < 1.29 is 4.79 Å². The number of amides is 2. The number of unbranched alkanes of at least 4 members (excludes halogenated alkanes) is 15. The zero-order valence-corrected chi connectivity index (χ0v) is 18.9. The molecule has 0 atom stereocenters. The highest BCUT2D eigenvalue weighted by molar-refractivity contribution is 5.87. The molecule has 0 saturated carbocycles. The molecule has 8 heteroatoms. The molecule has 0 radical (unpaired) electrons. The molecule has 6 N–H and O–H groups in total. The van der Waals surface area contributed by atoms with E-state index in [2.05, 4.69) is 32.5 Å². The first kappa shape index (κ1) is 25.9. The molecule has 8 nitrogen and oxygen atoms in total. The first-order chi connectivity index (χ1) is 14.6. The summed E-state index contributed by atoms with van der Waals surface area (Å²) in [5.74, 6) is 0.0238. The van der Waals surface area contributed by atoms with Crippen LogP contribution in [0.5, 0.6) is 0 Å². The number of aromatic nitrogens is 3. The molecular formula is C22H43N7O. The van der Waals surface area contributed by atoms with Crippen LogP contribution < -0.4 is 22.1 Å². The Bertz CT molecular complexity index is 548. The summed E-state index contributed by atoms with van der Waals surface area (Å²) in [6, 6.07) is -0.360. The molecule has 0 spiro atoms. The maximum Gasteiger partial charge on any atom is 0.321 e. The Morgan fingerprint density at radius 1 is 0.667 bits per heavy atom. The quantitative estimate of drug-likeness (QED) is 0.234. The van der Waals surface area contributed by atoms with Crippen LogP contribution in [-0.2, 0) is 0 Å². The highest BCUT2D eigenvalue weighted by Crippen LogP contribution is 2.13. The van der Waals surface area contributed by atoms with Gasteiger partial charge in [0.05, 0.1) is 0 Å². The molecule has 0 aliphatic carbocycles. The molecule has 0 fully saturated rings. The van der Waals surface area contributed by atoms with E-state index in [-0.39, 0.29) is 23.9 Å². The van der Waals surface area contributed by atoms with E-state index in [1.165, 1.54) is 89.9 Å². The van der Waals surface area contributed by atoms with Gasteiger partial charge >= 0.3 is 6.03 Å². The Kier molecular flexibility index (Phi) is 15.3. The van der Waals surface area contributed by atoms with Crippen molar-refractivity contribution in [2.45, 2.75) is 110 Å². The Balaban J connectivity index is 1.82. The third kappa shape index (κ3) is 14.8. The van der Waals surface area contributed by atoms with Gasteiger partial charge in [0.15, 0.2) is 0 Å². The normalized spacial score (nSPS) is 10.8. The summed E-state index contributed by atoms with van der Waals surface area (Å²) in [4.78, 5) is 23.1. The van der Waals surface area contributed by atoms with Crippen LogP contribution in [0.3, 0.4) is 0 Å². The van der Waals surface area contributed by atoms with E-state index in [1.807, 2.05) is 0 Å². The van der Waals surface area contributed by atoms with Crippen molar-refractivity contribution in [2.75, 3.05) is 23.3 Å².